The summed E-state index contributed by atoms with van der Waals surface area (Å²) in [5, 5.41) is 2.95. The number of fused-ring (bicyclic) bond motifs is 1. The molecule has 0 unspecified atom stereocenters. The summed E-state index contributed by atoms with van der Waals surface area (Å²) >= 11 is 0. The van der Waals surface area contributed by atoms with Crippen LogP contribution in [0.2, 0.25) is 0 Å². The van der Waals surface area contributed by atoms with Crippen molar-refractivity contribution in [3.63, 3.8) is 0 Å². The molecule has 3 rings (SSSR count). The van der Waals surface area contributed by atoms with Crippen LogP contribution in [0.25, 0.3) is 11.0 Å². The molecule has 0 radical (unpaired) electrons. The second kappa shape index (κ2) is 7.95. The number of benzene rings is 1. The number of amides is 1. The molecule has 0 aliphatic carbocycles. The number of aromatic nitrogens is 2. The van der Waals surface area contributed by atoms with Crippen LogP contribution in [0.15, 0.2) is 24.3 Å². The van der Waals surface area contributed by atoms with Gasteiger partial charge in [0.2, 0.25) is 15.9 Å². The van der Waals surface area contributed by atoms with Crippen molar-refractivity contribution in [1.82, 2.24) is 24.1 Å². The van der Waals surface area contributed by atoms with Gasteiger partial charge in [0.05, 0.1) is 30.4 Å². The molecule has 1 fully saturated rings. The van der Waals surface area contributed by atoms with E-state index in [2.05, 4.69) is 28.7 Å². The molecule has 0 bridgehead atoms. The summed E-state index contributed by atoms with van der Waals surface area (Å²) in [7, 11) is -3.15. The van der Waals surface area contributed by atoms with E-state index in [-0.39, 0.29) is 18.5 Å². The van der Waals surface area contributed by atoms with E-state index < -0.39 is 10.0 Å². The molecule has 1 aliphatic heterocycles. The fourth-order valence-corrected chi connectivity index (χ4v) is 4.28. The summed E-state index contributed by atoms with van der Waals surface area (Å²) in [6, 6.07) is 8.20. The first-order valence-corrected chi connectivity index (χ1v) is 11.0. The van der Waals surface area contributed by atoms with Crippen LogP contribution < -0.4 is 5.32 Å². The molecule has 9 heteroatoms. The molecule has 1 aromatic carbocycles. The largest absolute Gasteiger partial charge is 0.348 e. The summed E-state index contributed by atoms with van der Waals surface area (Å²) in [5.41, 5.74) is 1.99. The molecule has 2 heterocycles. The number of carbonyl (C=O) groups is 1. The maximum absolute atomic E-state index is 12.3. The Morgan fingerprint density at radius 3 is 2.48 bits per heavy atom. The number of hydrogen-bond acceptors (Lipinski definition) is 5. The van der Waals surface area contributed by atoms with Gasteiger partial charge in [-0.15, -0.1) is 0 Å². The van der Waals surface area contributed by atoms with Gasteiger partial charge in [-0.3, -0.25) is 9.69 Å². The molecule has 0 spiro atoms. The molecular formula is C18H27N5O3S. The maximum atomic E-state index is 12.3. The number of piperazine rings is 1. The zero-order chi connectivity index (χ0) is 19.6. The second-order valence-electron chi connectivity index (χ2n) is 7.20. The first-order valence-electron chi connectivity index (χ1n) is 9.15. The molecule has 1 aliphatic rings. The van der Waals surface area contributed by atoms with Gasteiger partial charge >= 0.3 is 0 Å². The number of nitrogens with one attached hydrogen (secondary N) is 1. The second-order valence-corrected chi connectivity index (χ2v) is 9.18. The molecule has 148 valence electrons. The van der Waals surface area contributed by atoms with E-state index in [1.54, 1.807) is 0 Å². The highest BCUT2D eigenvalue weighted by Gasteiger charge is 2.24. The van der Waals surface area contributed by atoms with E-state index in [0.717, 1.165) is 16.9 Å². The topological polar surface area (TPSA) is 87.5 Å². The summed E-state index contributed by atoms with van der Waals surface area (Å²) in [6.07, 6.45) is 1.22. The normalized spacial score (nSPS) is 16.9. The molecule has 1 N–H and O–H groups in total. The van der Waals surface area contributed by atoms with Gasteiger partial charge in [-0.25, -0.2) is 13.4 Å². The highest BCUT2D eigenvalue weighted by molar-refractivity contribution is 7.88. The Kier molecular flexibility index (Phi) is 5.83. The lowest BCUT2D eigenvalue weighted by molar-refractivity contribution is -0.122. The number of sulfonamides is 1. The van der Waals surface area contributed by atoms with Gasteiger partial charge in [-0.2, -0.15) is 4.31 Å². The predicted octanol–water partition coefficient (Wildman–Crippen LogP) is 0.811. The van der Waals surface area contributed by atoms with Gasteiger partial charge in [0.15, 0.2) is 0 Å². The van der Waals surface area contributed by atoms with Gasteiger partial charge in [-0.05, 0) is 26.0 Å². The highest BCUT2D eigenvalue weighted by atomic mass is 32.2. The van der Waals surface area contributed by atoms with Crippen LogP contribution in [-0.2, 0) is 21.4 Å². The fraction of sp³-hybridized carbons (Fsp3) is 0.556. The Morgan fingerprint density at radius 2 is 1.85 bits per heavy atom. The first kappa shape index (κ1) is 19.8. The fourth-order valence-electron chi connectivity index (χ4n) is 3.45. The number of rotatable bonds is 6. The molecule has 1 amide bonds. The Morgan fingerprint density at radius 1 is 1.19 bits per heavy atom. The Hall–Kier alpha value is -1.97. The lowest BCUT2D eigenvalue weighted by Crippen LogP contribution is -2.50. The molecule has 0 atom stereocenters. The van der Waals surface area contributed by atoms with Crippen LogP contribution in [0.3, 0.4) is 0 Å². The zero-order valence-electron chi connectivity index (χ0n) is 16.1. The minimum atomic E-state index is -3.15. The summed E-state index contributed by atoms with van der Waals surface area (Å²) in [4.78, 5) is 19.0. The number of para-hydroxylation sites is 2. The van der Waals surface area contributed by atoms with E-state index in [0.29, 0.717) is 32.7 Å². The molecule has 2 aromatic rings. The number of imidazole rings is 1. The Labute approximate surface area is 160 Å². The van der Waals surface area contributed by atoms with E-state index >= 15 is 0 Å². The Balaban J connectivity index is 1.57. The average Bonchev–Trinajstić information content (AvgIpc) is 2.98. The first-order chi connectivity index (χ1) is 12.8. The SMILES string of the molecule is CC(C)n1c(CNC(=O)CN2CCN(S(C)(=O)=O)CC2)nc2ccccc21. The van der Waals surface area contributed by atoms with Gasteiger partial charge in [0, 0.05) is 32.2 Å². The standard InChI is InChI=1S/C18H27N5O3S/c1-14(2)23-16-7-5-4-6-15(16)20-17(23)12-19-18(24)13-21-8-10-22(11-9-21)27(3,25)26/h4-7,14H,8-13H2,1-3H3,(H,19,24). The minimum Gasteiger partial charge on any atom is -0.348 e. The molecule has 8 nitrogen and oxygen atoms in total. The Bertz CT molecular complexity index is 914. The van der Waals surface area contributed by atoms with Gasteiger partial charge in [0.1, 0.15) is 5.82 Å². The van der Waals surface area contributed by atoms with Crippen molar-refractivity contribution >= 4 is 27.0 Å². The van der Waals surface area contributed by atoms with E-state index in [4.69, 9.17) is 0 Å². The number of carbonyl (C=O) groups excluding carboxylic acids is 1. The van der Waals surface area contributed by atoms with Crippen LogP contribution >= 0.6 is 0 Å². The van der Waals surface area contributed by atoms with Crippen LogP contribution in [0, 0.1) is 0 Å². The van der Waals surface area contributed by atoms with Crippen molar-refractivity contribution in [3.05, 3.63) is 30.1 Å². The number of hydrogen-bond donors (Lipinski definition) is 1. The zero-order valence-corrected chi connectivity index (χ0v) is 16.9. The summed E-state index contributed by atoms with van der Waals surface area (Å²) < 4.78 is 26.7. The summed E-state index contributed by atoms with van der Waals surface area (Å²) in [5.74, 6) is 0.756. The molecule has 1 saturated heterocycles. The highest BCUT2D eigenvalue weighted by Crippen LogP contribution is 2.20. The third-order valence-electron chi connectivity index (χ3n) is 4.80. The lowest BCUT2D eigenvalue weighted by Gasteiger charge is -2.32. The molecule has 1 aromatic heterocycles. The van der Waals surface area contributed by atoms with E-state index in [1.807, 2.05) is 29.2 Å². The van der Waals surface area contributed by atoms with Crippen molar-refractivity contribution in [3.8, 4) is 0 Å². The van der Waals surface area contributed by atoms with Crippen molar-refractivity contribution in [2.75, 3.05) is 39.0 Å². The van der Waals surface area contributed by atoms with Crippen molar-refractivity contribution in [2.45, 2.75) is 26.4 Å². The van der Waals surface area contributed by atoms with E-state index in [1.165, 1.54) is 10.6 Å². The van der Waals surface area contributed by atoms with Crippen molar-refractivity contribution in [2.24, 2.45) is 0 Å². The maximum Gasteiger partial charge on any atom is 0.234 e. The monoisotopic (exact) mass is 393 g/mol. The van der Waals surface area contributed by atoms with Gasteiger partial charge < -0.3 is 9.88 Å². The number of nitrogens with zero attached hydrogens (tertiary/aromatic N) is 4. The third-order valence-corrected chi connectivity index (χ3v) is 6.10. The van der Waals surface area contributed by atoms with Gasteiger partial charge in [0.25, 0.3) is 0 Å². The minimum absolute atomic E-state index is 0.0785. The molecule has 0 saturated carbocycles. The average molecular weight is 394 g/mol. The van der Waals surface area contributed by atoms with Crippen LogP contribution in [0.5, 0.6) is 0 Å². The van der Waals surface area contributed by atoms with Crippen LogP contribution in [0.4, 0.5) is 0 Å². The molecule has 27 heavy (non-hydrogen) atoms. The van der Waals surface area contributed by atoms with Crippen LogP contribution in [-0.4, -0.2) is 72.1 Å². The lowest BCUT2D eigenvalue weighted by atomic mass is 10.3. The van der Waals surface area contributed by atoms with Crippen LogP contribution in [0.1, 0.15) is 25.7 Å². The third kappa shape index (κ3) is 4.66. The smallest absolute Gasteiger partial charge is 0.234 e. The van der Waals surface area contributed by atoms with Gasteiger partial charge in [-0.1, -0.05) is 12.1 Å². The summed E-state index contributed by atoms with van der Waals surface area (Å²) in [6.45, 7) is 6.80. The molecular weight excluding hydrogens is 366 g/mol. The predicted molar refractivity (Wildman–Crippen MR) is 105 cm³/mol. The van der Waals surface area contributed by atoms with E-state index in [9.17, 15) is 13.2 Å². The van der Waals surface area contributed by atoms with Crippen molar-refractivity contribution < 1.29 is 13.2 Å². The van der Waals surface area contributed by atoms with Crippen molar-refractivity contribution in [1.29, 1.82) is 0 Å². The quantitative estimate of drug-likeness (QED) is 0.785.